The molecule has 0 bridgehead atoms. The average Bonchev–Trinajstić information content (AvgIpc) is 2.36. The Morgan fingerprint density at radius 2 is 1.56 bits per heavy atom. The molecule has 1 saturated carbocycles. The first kappa shape index (κ1) is 13.2. The lowest BCUT2D eigenvalue weighted by Crippen LogP contribution is -2.33. The van der Waals surface area contributed by atoms with Crippen LogP contribution in [0.1, 0.15) is 57.4 Å². The molecule has 0 atom stereocenters. The fraction of sp³-hybridized carbons (Fsp3) is 0.529. The van der Waals surface area contributed by atoms with E-state index >= 15 is 0 Å². The maximum absolute atomic E-state index is 6.24. The van der Waals surface area contributed by atoms with Crippen molar-refractivity contribution in [2.45, 2.75) is 57.5 Å². The monoisotopic (exact) mass is 244 g/mol. The van der Waals surface area contributed by atoms with Gasteiger partial charge in [-0.15, -0.1) is 0 Å². The number of benzene rings is 1. The van der Waals surface area contributed by atoms with Crippen LogP contribution < -0.4 is 4.74 Å². The van der Waals surface area contributed by atoms with Gasteiger partial charge in [0.1, 0.15) is 11.4 Å². The zero-order valence-electron chi connectivity index (χ0n) is 11.5. The zero-order chi connectivity index (χ0) is 12.8. The van der Waals surface area contributed by atoms with Crippen molar-refractivity contribution in [3.63, 3.8) is 0 Å². The predicted octanol–water partition coefficient (Wildman–Crippen LogP) is 5.21. The molecule has 2 rings (SSSR count). The summed E-state index contributed by atoms with van der Waals surface area (Å²) in [6, 6.07) is 8.24. The smallest absolute Gasteiger partial charge is 0.120 e. The van der Waals surface area contributed by atoms with Crippen LogP contribution >= 0.6 is 0 Å². The highest BCUT2D eigenvalue weighted by Gasteiger charge is 2.26. The standard InChI is InChI=1S/C17H24O/c1-3-15-9-11-16(12-10-15)18-17(2)13-7-5-4-6-8-14-17/h3,9-12H,1,4-8,13-14H2,2H3. The molecule has 1 aromatic rings. The Hall–Kier alpha value is -1.24. The summed E-state index contributed by atoms with van der Waals surface area (Å²) in [7, 11) is 0. The Kier molecular flexibility index (Phi) is 4.46. The van der Waals surface area contributed by atoms with Crippen LogP contribution in [0.25, 0.3) is 6.08 Å². The normalized spacial score (nSPS) is 19.6. The second kappa shape index (κ2) is 6.08. The van der Waals surface area contributed by atoms with Crippen molar-refractivity contribution < 1.29 is 4.74 Å². The average molecular weight is 244 g/mol. The highest BCUT2D eigenvalue weighted by molar-refractivity contribution is 5.48. The van der Waals surface area contributed by atoms with E-state index in [1.165, 1.54) is 44.9 Å². The molecule has 1 aliphatic carbocycles. The predicted molar refractivity (Wildman–Crippen MR) is 77.9 cm³/mol. The van der Waals surface area contributed by atoms with Crippen LogP contribution in [0.4, 0.5) is 0 Å². The second-order valence-electron chi connectivity index (χ2n) is 5.59. The van der Waals surface area contributed by atoms with Crippen molar-refractivity contribution >= 4 is 6.08 Å². The topological polar surface area (TPSA) is 9.23 Å². The van der Waals surface area contributed by atoms with Gasteiger partial charge in [-0.05, 0) is 50.3 Å². The molecule has 0 aromatic heterocycles. The Morgan fingerprint density at radius 3 is 2.11 bits per heavy atom. The van der Waals surface area contributed by atoms with Crippen molar-refractivity contribution in [3.05, 3.63) is 36.4 Å². The molecule has 1 fully saturated rings. The van der Waals surface area contributed by atoms with Crippen molar-refractivity contribution in [1.29, 1.82) is 0 Å². The molecular formula is C17H24O. The quantitative estimate of drug-likeness (QED) is 0.709. The fourth-order valence-electron chi connectivity index (χ4n) is 2.71. The van der Waals surface area contributed by atoms with Gasteiger partial charge < -0.3 is 4.74 Å². The molecule has 0 aliphatic heterocycles. The molecular weight excluding hydrogens is 220 g/mol. The Labute approximate surface area is 111 Å². The van der Waals surface area contributed by atoms with Gasteiger partial charge in [-0.3, -0.25) is 0 Å². The summed E-state index contributed by atoms with van der Waals surface area (Å²) >= 11 is 0. The van der Waals surface area contributed by atoms with Gasteiger partial charge in [-0.1, -0.05) is 44.1 Å². The second-order valence-corrected chi connectivity index (χ2v) is 5.59. The van der Waals surface area contributed by atoms with E-state index in [1.54, 1.807) is 0 Å². The highest BCUT2D eigenvalue weighted by atomic mass is 16.5. The van der Waals surface area contributed by atoms with E-state index in [0.717, 1.165) is 11.3 Å². The third-order valence-corrected chi connectivity index (χ3v) is 3.89. The van der Waals surface area contributed by atoms with Gasteiger partial charge in [0.15, 0.2) is 0 Å². The summed E-state index contributed by atoms with van der Waals surface area (Å²) in [5, 5.41) is 0. The molecule has 0 radical (unpaired) electrons. The third-order valence-electron chi connectivity index (χ3n) is 3.89. The van der Waals surface area contributed by atoms with Crippen LogP contribution in [-0.4, -0.2) is 5.60 Å². The molecule has 1 heteroatoms. The number of rotatable bonds is 3. The molecule has 1 aromatic carbocycles. The molecule has 0 heterocycles. The Bertz CT molecular complexity index is 369. The van der Waals surface area contributed by atoms with Crippen molar-refractivity contribution in [2.75, 3.05) is 0 Å². The summed E-state index contributed by atoms with van der Waals surface area (Å²) < 4.78 is 6.24. The minimum atomic E-state index is 0.0239. The van der Waals surface area contributed by atoms with E-state index in [-0.39, 0.29) is 5.60 Å². The maximum atomic E-state index is 6.24. The molecule has 1 aliphatic rings. The maximum Gasteiger partial charge on any atom is 0.120 e. The first-order chi connectivity index (χ1) is 8.72. The van der Waals surface area contributed by atoms with Crippen LogP contribution in [0.15, 0.2) is 30.8 Å². The summed E-state index contributed by atoms with van der Waals surface area (Å²) in [6.07, 6.45) is 10.9. The van der Waals surface area contributed by atoms with Gasteiger partial charge >= 0.3 is 0 Å². The minimum Gasteiger partial charge on any atom is -0.488 e. The van der Waals surface area contributed by atoms with Gasteiger partial charge in [-0.25, -0.2) is 0 Å². The van der Waals surface area contributed by atoms with Crippen LogP contribution in [-0.2, 0) is 0 Å². The van der Waals surface area contributed by atoms with Gasteiger partial charge in [0.25, 0.3) is 0 Å². The highest BCUT2D eigenvalue weighted by Crippen LogP contribution is 2.31. The van der Waals surface area contributed by atoms with Gasteiger partial charge in [0, 0.05) is 0 Å². The van der Waals surface area contributed by atoms with Crippen molar-refractivity contribution in [2.24, 2.45) is 0 Å². The fourth-order valence-corrected chi connectivity index (χ4v) is 2.71. The summed E-state index contributed by atoms with van der Waals surface area (Å²) in [5.74, 6) is 0.990. The SMILES string of the molecule is C=Cc1ccc(OC2(C)CCCCCCC2)cc1. The third kappa shape index (κ3) is 3.63. The lowest BCUT2D eigenvalue weighted by molar-refractivity contribution is 0.0595. The van der Waals surface area contributed by atoms with Crippen molar-refractivity contribution in [1.82, 2.24) is 0 Å². The number of hydrogen-bond donors (Lipinski definition) is 0. The van der Waals surface area contributed by atoms with E-state index in [1.807, 2.05) is 6.08 Å². The Balaban J connectivity index is 2.02. The number of hydrogen-bond acceptors (Lipinski definition) is 1. The lowest BCUT2D eigenvalue weighted by atomic mass is 9.88. The largest absolute Gasteiger partial charge is 0.488 e. The van der Waals surface area contributed by atoms with E-state index < -0.39 is 0 Å². The summed E-state index contributed by atoms with van der Waals surface area (Å²) in [5.41, 5.74) is 1.17. The van der Waals surface area contributed by atoms with Gasteiger partial charge in [0.2, 0.25) is 0 Å². The number of ether oxygens (including phenoxy) is 1. The molecule has 18 heavy (non-hydrogen) atoms. The Morgan fingerprint density at radius 1 is 1.00 bits per heavy atom. The summed E-state index contributed by atoms with van der Waals surface area (Å²) in [4.78, 5) is 0. The first-order valence-electron chi connectivity index (χ1n) is 7.13. The molecule has 0 spiro atoms. The van der Waals surface area contributed by atoms with Gasteiger partial charge in [0.05, 0.1) is 0 Å². The van der Waals surface area contributed by atoms with Crippen LogP contribution in [0.5, 0.6) is 5.75 Å². The van der Waals surface area contributed by atoms with Gasteiger partial charge in [-0.2, -0.15) is 0 Å². The lowest BCUT2D eigenvalue weighted by Gasteiger charge is -2.32. The van der Waals surface area contributed by atoms with E-state index in [4.69, 9.17) is 4.74 Å². The molecule has 0 unspecified atom stereocenters. The zero-order valence-corrected chi connectivity index (χ0v) is 11.5. The van der Waals surface area contributed by atoms with E-state index in [2.05, 4.69) is 37.8 Å². The van der Waals surface area contributed by atoms with E-state index in [9.17, 15) is 0 Å². The summed E-state index contributed by atoms with van der Waals surface area (Å²) in [6.45, 7) is 6.04. The van der Waals surface area contributed by atoms with Crippen LogP contribution in [0, 0.1) is 0 Å². The van der Waals surface area contributed by atoms with Crippen molar-refractivity contribution in [3.8, 4) is 5.75 Å². The molecule has 0 N–H and O–H groups in total. The van der Waals surface area contributed by atoms with Crippen LogP contribution in [0.3, 0.4) is 0 Å². The van der Waals surface area contributed by atoms with E-state index in [0.29, 0.717) is 0 Å². The molecule has 1 nitrogen and oxygen atoms in total. The molecule has 98 valence electrons. The van der Waals surface area contributed by atoms with Crippen LogP contribution in [0.2, 0.25) is 0 Å². The first-order valence-corrected chi connectivity index (χ1v) is 7.13. The molecule has 0 saturated heterocycles. The minimum absolute atomic E-state index is 0.0239. The molecule has 0 amide bonds.